The Morgan fingerprint density at radius 3 is 1.67 bits per heavy atom. The average molecular weight is 294 g/mol. The number of hydrogen-bond donors (Lipinski definition) is 7. The highest BCUT2D eigenvalue weighted by Crippen LogP contribution is 2.51. The summed E-state index contributed by atoms with van der Waals surface area (Å²) in [4.78, 5) is 12.2. The molecule has 2 rings (SSSR count). The fraction of sp³-hybridized carbons (Fsp3) is 0. The predicted octanol–water partition coefficient (Wildman–Crippen LogP) is 0.857. The maximum absolute atomic E-state index is 12.2. The number of para-hydroxylation sites is 1. The van der Waals surface area contributed by atoms with Gasteiger partial charge >= 0.3 is 0 Å². The van der Waals surface area contributed by atoms with Gasteiger partial charge in [0, 0.05) is 0 Å². The SMILES string of the molecule is O=C(c1cccc(O)c1O)c1c(O)c(O)c(O)c(O)c1O. The second kappa shape index (κ2) is 4.67. The van der Waals surface area contributed by atoms with Gasteiger partial charge in [0.1, 0.15) is 5.56 Å². The molecule has 7 N–H and O–H groups in total. The van der Waals surface area contributed by atoms with E-state index in [1.165, 1.54) is 6.07 Å². The minimum atomic E-state index is -1.21. The number of ketones is 1. The van der Waals surface area contributed by atoms with Gasteiger partial charge in [0.2, 0.25) is 23.0 Å². The first kappa shape index (κ1) is 14.1. The molecule has 0 spiro atoms. The first-order valence-electron chi connectivity index (χ1n) is 5.51. The van der Waals surface area contributed by atoms with Crippen LogP contribution in [0, 0.1) is 0 Å². The lowest BCUT2D eigenvalue weighted by Gasteiger charge is -2.12. The molecule has 0 atom stereocenters. The molecule has 8 heteroatoms. The third kappa shape index (κ3) is 1.98. The second-order valence-corrected chi connectivity index (χ2v) is 4.12. The molecule has 0 aliphatic rings. The van der Waals surface area contributed by atoms with Crippen molar-refractivity contribution in [3.05, 3.63) is 29.3 Å². The van der Waals surface area contributed by atoms with Crippen molar-refractivity contribution in [2.45, 2.75) is 0 Å². The summed E-state index contributed by atoms with van der Waals surface area (Å²) < 4.78 is 0. The van der Waals surface area contributed by atoms with Crippen LogP contribution in [-0.4, -0.2) is 41.5 Å². The number of benzene rings is 2. The van der Waals surface area contributed by atoms with Crippen LogP contribution >= 0.6 is 0 Å². The van der Waals surface area contributed by atoms with Crippen molar-refractivity contribution >= 4 is 5.78 Å². The van der Waals surface area contributed by atoms with Crippen LogP contribution in [0.1, 0.15) is 15.9 Å². The van der Waals surface area contributed by atoms with Gasteiger partial charge in [-0.1, -0.05) is 6.07 Å². The van der Waals surface area contributed by atoms with E-state index in [9.17, 15) is 40.5 Å². The predicted molar refractivity (Wildman–Crippen MR) is 68.0 cm³/mol. The van der Waals surface area contributed by atoms with Crippen LogP contribution in [0.3, 0.4) is 0 Å². The number of aromatic hydroxyl groups is 7. The van der Waals surface area contributed by atoms with Gasteiger partial charge in [-0.05, 0) is 12.1 Å². The molecule has 2 aromatic rings. The molecule has 0 amide bonds. The van der Waals surface area contributed by atoms with Crippen molar-refractivity contribution in [3.8, 4) is 40.2 Å². The van der Waals surface area contributed by atoms with Crippen LogP contribution in [-0.2, 0) is 0 Å². The van der Waals surface area contributed by atoms with Gasteiger partial charge in [0.15, 0.2) is 23.0 Å². The quantitative estimate of drug-likeness (QED) is 0.244. The van der Waals surface area contributed by atoms with Crippen molar-refractivity contribution in [1.82, 2.24) is 0 Å². The van der Waals surface area contributed by atoms with Crippen molar-refractivity contribution in [1.29, 1.82) is 0 Å². The summed E-state index contributed by atoms with van der Waals surface area (Å²) in [6.07, 6.45) is 0. The zero-order valence-electron chi connectivity index (χ0n) is 10.3. The van der Waals surface area contributed by atoms with E-state index >= 15 is 0 Å². The summed E-state index contributed by atoms with van der Waals surface area (Å²) >= 11 is 0. The van der Waals surface area contributed by atoms with Crippen molar-refractivity contribution < 1.29 is 40.5 Å². The summed E-state index contributed by atoms with van der Waals surface area (Å²) in [5, 5.41) is 66.2. The maximum atomic E-state index is 12.2. The Bertz CT molecular complexity index is 721. The molecule has 110 valence electrons. The number of hydrogen-bond acceptors (Lipinski definition) is 8. The Balaban J connectivity index is 2.73. The largest absolute Gasteiger partial charge is 0.504 e. The van der Waals surface area contributed by atoms with Crippen LogP contribution in [0.25, 0.3) is 0 Å². The molecule has 21 heavy (non-hydrogen) atoms. The minimum absolute atomic E-state index is 0.495. The van der Waals surface area contributed by atoms with Gasteiger partial charge < -0.3 is 35.7 Å². The molecule has 0 aliphatic heterocycles. The van der Waals surface area contributed by atoms with Crippen LogP contribution in [0.2, 0.25) is 0 Å². The monoisotopic (exact) mass is 294 g/mol. The number of rotatable bonds is 2. The molecule has 0 radical (unpaired) electrons. The van der Waals surface area contributed by atoms with Crippen LogP contribution in [0.5, 0.6) is 40.2 Å². The first-order chi connectivity index (χ1) is 9.77. The second-order valence-electron chi connectivity index (χ2n) is 4.12. The summed E-state index contributed by atoms with van der Waals surface area (Å²) in [5.74, 6) is -8.63. The van der Waals surface area contributed by atoms with Gasteiger partial charge in [-0.25, -0.2) is 0 Å². The van der Waals surface area contributed by atoms with Gasteiger partial charge in [-0.3, -0.25) is 4.79 Å². The van der Waals surface area contributed by atoms with Gasteiger partial charge in [0.05, 0.1) is 5.56 Å². The lowest BCUT2D eigenvalue weighted by atomic mass is 9.99. The molecule has 0 aliphatic carbocycles. The van der Waals surface area contributed by atoms with E-state index in [0.29, 0.717) is 0 Å². The number of carbonyl (C=O) groups excluding carboxylic acids is 1. The molecule has 0 unspecified atom stereocenters. The number of phenols is 7. The highest BCUT2D eigenvalue weighted by atomic mass is 16.4. The molecule has 0 aromatic heterocycles. The molecule has 0 fully saturated rings. The highest BCUT2D eigenvalue weighted by Gasteiger charge is 2.29. The summed E-state index contributed by atoms with van der Waals surface area (Å²) in [6, 6.07) is 3.39. The van der Waals surface area contributed by atoms with Crippen LogP contribution in [0.4, 0.5) is 0 Å². The standard InChI is InChI=1S/C13H10O8/c14-5-3-1-2-4(7(5)15)8(16)6-9(17)11(19)13(21)12(20)10(6)18/h1-3,14-15,17-21H. The van der Waals surface area contributed by atoms with E-state index in [-0.39, 0.29) is 0 Å². The third-order valence-corrected chi connectivity index (χ3v) is 2.86. The Morgan fingerprint density at radius 2 is 1.14 bits per heavy atom. The normalized spacial score (nSPS) is 10.5. The molecule has 8 nitrogen and oxygen atoms in total. The van der Waals surface area contributed by atoms with E-state index in [1.54, 1.807) is 0 Å². The van der Waals surface area contributed by atoms with Gasteiger partial charge in [-0.15, -0.1) is 0 Å². The average Bonchev–Trinajstić information content (AvgIpc) is 2.46. The lowest BCUT2D eigenvalue weighted by molar-refractivity contribution is 0.102. The Hall–Kier alpha value is -3.29. The van der Waals surface area contributed by atoms with Crippen molar-refractivity contribution in [3.63, 3.8) is 0 Å². The zero-order valence-corrected chi connectivity index (χ0v) is 10.3. The van der Waals surface area contributed by atoms with E-state index in [0.717, 1.165) is 12.1 Å². The van der Waals surface area contributed by atoms with Crippen molar-refractivity contribution in [2.75, 3.05) is 0 Å². The number of carbonyl (C=O) groups is 1. The molecule has 0 heterocycles. The minimum Gasteiger partial charge on any atom is -0.504 e. The summed E-state index contributed by atoms with van der Waals surface area (Å²) in [5.41, 5.74) is -1.44. The highest BCUT2D eigenvalue weighted by molar-refractivity contribution is 6.15. The van der Waals surface area contributed by atoms with Gasteiger partial charge in [0.25, 0.3) is 0 Å². The molecule has 0 bridgehead atoms. The third-order valence-electron chi connectivity index (χ3n) is 2.86. The summed E-state index contributed by atoms with van der Waals surface area (Å²) in [7, 11) is 0. The lowest BCUT2D eigenvalue weighted by Crippen LogP contribution is -2.03. The van der Waals surface area contributed by atoms with Crippen molar-refractivity contribution in [2.24, 2.45) is 0 Å². The Kier molecular flexibility index (Phi) is 3.14. The zero-order chi connectivity index (χ0) is 15.9. The molecular weight excluding hydrogens is 284 g/mol. The van der Waals surface area contributed by atoms with Crippen LogP contribution in [0.15, 0.2) is 18.2 Å². The molecule has 2 aromatic carbocycles. The fourth-order valence-electron chi connectivity index (χ4n) is 1.75. The Morgan fingerprint density at radius 1 is 0.667 bits per heavy atom. The number of phenolic OH excluding ortho intramolecular Hbond substituents is 7. The van der Waals surface area contributed by atoms with Crippen LogP contribution < -0.4 is 0 Å². The topological polar surface area (TPSA) is 159 Å². The smallest absolute Gasteiger partial charge is 0.208 e. The fourth-order valence-corrected chi connectivity index (χ4v) is 1.75. The summed E-state index contributed by atoms with van der Waals surface area (Å²) in [6.45, 7) is 0. The van der Waals surface area contributed by atoms with E-state index < -0.39 is 57.2 Å². The molecule has 0 saturated carbocycles. The van der Waals surface area contributed by atoms with Gasteiger partial charge in [-0.2, -0.15) is 0 Å². The maximum Gasteiger partial charge on any atom is 0.208 e. The molecule has 0 saturated heterocycles. The van der Waals surface area contributed by atoms with E-state index in [4.69, 9.17) is 0 Å². The van der Waals surface area contributed by atoms with E-state index in [2.05, 4.69) is 0 Å². The Labute approximate surface area is 117 Å². The first-order valence-corrected chi connectivity index (χ1v) is 5.51. The molecular formula is C13H10O8. The van der Waals surface area contributed by atoms with E-state index in [1.807, 2.05) is 0 Å².